The van der Waals surface area contributed by atoms with E-state index < -0.39 is 0 Å². The Labute approximate surface area is 138 Å². The summed E-state index contributed by atoms with van der Waals surface area (Å²) < 4.78 is 5.33. The number of hydrogen-bond acceptors (Lipinski definition) is 3. The zero-order valence-electron chi connectivity index (χ0n) is 13.0. The Morgan fingerprint density at radius 3 is 2.83 bits per heavy atom. The molecule has 23 heavy (non-hydrogen) atoms. The molecule has 0 fully saturated rings. The van der Waals surface area contributed by atoms with Gasteiger partial charge in [0, 0.05) is 33.6 Å². The van der Waals surface area contributed by atoms with Crippen LogP contribution in [0.1, 0.15) is 5.56 Å². The van der Waals surface area contributed by atoms with Crippen molar-refractivity contribution in [2.24, 2.45) is 0 Å². The number of H-pyrrole nitrogens is 1. The average Bonchev–Trinajstić information content (AvgIpc) is 3.21. The number of nitrogens with zero attached hydrogens (tertiary/aromatic N) is 1. The van der Waals surface area contributed by atoms with Crippen molar-refractivity contribution in [3.8, 4) is 27.6 Å². The molecule has 0 aliphatic carbocycles. The third-order valence-corrected chi connectivity index (χ3v) is 4.89. The van der Waals surface area contributed by atoms with Crippen molar-refractivity contribution in [1.29, 1.82) is 0 Å². The highest BCUT2D eigenvalue weighted by Gasteiger charge is 2.11. The standard InChI is InChI=1S/C19H16N2OS/c1-12-9-13(7-8-18(12)22-2)17-11-23-19(21-17)15-10-20-16-6-4-3-5-14(15)16/h3-11,20H,1-2H3. The second kappa shape index (κ2) is 5.56. The summed E-state index contributed by atoms with van der Waals surface area (Å²) in [5, 5.41) is 4.35. The monoisotopic (exact) mass is 320 g/mol. The van der Waals surface area contributed by atoms with Gasteiger partial charge in [-0.3, -0.25) is 0 Å². The zero-order chi connectivity index (χ0) is 15.8. The third-order valence-electron chi connectivity index (χ3n) is 4.01. The number of ether oxygens (including phenoxy) is 1. The maximum absolute atomic E-state index is 5.33. The lowest BCUT2D eigenvalue weighted by Gasteiger charge is -2.05. The van der Waals surface area contributed by atoms with Crippen molar-refractivity contribution in [2.45, 2.75) is 6.92 Å². The van der Waals surface area contributed by atoms with Crippen molar-refractivity contribution >= 4 is 22.2 Å². The summed E-state index contributed by atoms with van der Waals surface area (Å²) in [4.78, 5) is 8.14. The SMILES string of the molecule is COc1ccc(-c2csc(-c3c[nH]c4ccccc34)n2)cc1C. The van der Waals surface area contributed by atoms with Gasteiger partial charge < -0.3 is 9.72 Å². The molecule has 0 atom stereocenters. The van der Waals surface area contributed by atoms with Crippen LogP contribution in [0.25, 0.3) is 32.7 Å². The largest absolute Gasteiger partial charge is 0.496 e. The van der Waals surface area contributed by atoms with E-state index in [-0.39, 0.29) is 0 Å². The highest BCUT2D eigenvalue weighted by Crippen LogP contribution is 2.34. The van der Waals surface area contributed by atoms with Crippen LogP contribution in [0, 0.1) is 6.92 Å². The van der Waals surface area contributed by atoms with Gasteiger partial charge in [-0.15, -0.1) is 11.3 Å². The molecule has 2 aromatic carbocycles. The zero-order valence-corrected chi connectivity index (χ0v) is 13.8. The second-order valence-electron chi connectivity index (χ2n) is 5.47. The molecule has 0 radical (unpaired) electrons. The molecule has 114 valence electrons. The van der Waals surface area contributed by atoms with E-state index in [1.165, 1.54) is 5.39 Å². The summed E-state index contributed by atoms with van der Waals surface area (Å²) in [6, 6.07) is 14.5. The van der Waals surface area contributed by atoms with Crippen molar-refractivity contribution in [2.75, 3.05) is 7.11 Å². The molecule has 0 amide bonds. The minimum Gasteiger partial charge on any atom is -0.496 e. The Bertz CT molecular complexity index is 984. The predicted octanol–water partition coefficient (Wildman–Crippen LogP) is 5.28. The number of rotatable bonds is 3. The lowest BCUT2D eigenvalue weighted by atomic mass is 10.1. The number of thiazole rings is 1. The molecule has 3 nitrogen and oxygen atoms in total. The summed E-state index contributed by atoms with van der Waals surface area (Å²) >= 11 is 1.67. The quantitative estimate of drug-likeness (QED) is 0.558. The van der Waals surface area contributed by atoms with Crippen molar-refractivity contribution in [3.63, 3.8) is 0 Å². The summed E-state index contributed by atoms with van der Waals surface area (Å²) in [6.07, 6.45) is 2.03. The number of aromatic nitrogens is 2. The molecule has 0 aliphatic rings. The molecule has 0 bridgehead atoms. The Morgan fingerprint density at radius 2 is 2.00 bits per heavy atom. The molecule has 2 aromatic heterocycles. The molecule has 1 N–H and O–H groups in total. The highest BCUT2D eigenvalue weighted by molar-refractivity contribution is 7.13. The molecule has 0 saturated heterocycles. The van der Waals surface area contributed by atoms with Gasteiger partial charge in [-0.1, -0.05) is 18.2 Å². The molecule has 0 spiro atoms. The van der Waals surface area contributed by atoms with E-state index >= 15 is 0 Å². The summed E-state index contributed by atoms with van der Waals surface area (Å²) in [6.45, 7) is 2.05. The van der Waals surface area contributed by atoms with Crippen molar-refractivity contribution < 1.29 is 4.74 Å². The minimum atomic E-state index is 0.904. The van der Waals surface area contributed by atoms with Crippen LogP contribution in [0.15, 0.2) is 54.0 Å². The predicted molar refractivity (Wildman–Crippen MR) is 96.1 cm³/mol. The highest BCUT2D eigenvalue weighted by atomic mass is 32.1. The Balaban J connectivity index is 1.76. The fourth-order valence-electron chi connectivity index (χ4n) is 2.82. The van der Waals surface area contributed by atoms with Crippen LogP contribution >= 0.6 is 11.3 Å². The number of benzene rings is 2. The van der Waals surface area contributed by atoms with Crippen LogP contribution in [0.3, 0.4) is 0 Å². The molecule has 0 saturated carbocycles. The van der Waals surface area contributed by atoms with Gasteiger partial charge in [-0.2, -0.15) is 0 Å². The number of aromatic amines is 1. The first kappa shape index (κ1) is 14.0. The van der Waals surface area contributed by atoms with Crippen LogP contribution in [0.4, 0.5) is 0 Å². The summed E-state index contributed by atoms with van der Waals surface area (Å²) in [7, 11) is 1.69. The van der Waals surface area contributed by atoms with E-state index in [2.05, 4.69) is 47.6 Å². The van der Waals surface area contributed by atoms with Gasteiger partial charge in [0.2, 0.25) is 0 Å². The second-order valence-corrected chi connectivity index (χ2v) is 6.33. The van der Waals surface area contributed by atoms with E-state index in [9.17, 15) is 0 Å². The van der Waals surface area contributed by atoms with Crippen LogP contribution in [0.5, 0.6) is 5.75 Å². The molecule has 4 rings (SSSR count). The van der Waals surface area contributed by atoms with Gasteiger partial charge in [0.05, 0.1) is 12.8 Å². The summed E-state index contributed by atoms with van der Waals surface area (Å²) in [5.74, 6) is 0.904. The Morgan fingerprint density at radius 1 is 1.13 bits per heavy atom. The maximum atomic E-state index is 5.33. The molecule has 4 aromatic rings. The van der Waals surface area contributed by atoms with E-state index in [1.807, 2.05) is 18.3 Å². The molecular weight excluding hydrogens is 304 g/mol. The smallest absolute Gasteiger partial charge is 0.126 e. The number of fused-ring (bicyclic) bond motifs is 1. The maximum Gasteiger partial charge on any atom is 0.126 e. The lowest BCUT2D eigenvalue weighted by Crippen LogP contribution is -1.87. The van der Waals surface area contributed by atoms with E-state index in [0.717, 1.165) is 38.7 Å². The molecule has 2 heterocycles. The first-order valence-corrected chi connectivity index (χ1v) is 8.31. The number of para-hydroxylation sites is 1. The molecule has 4 heteroatoms. The molecular formula is C19H16N2OS. The first-order chi connectivity index (χ1) is 11.3. The number of methoxy groups -OCH3 is 1. The third kappa shape index (κ3) is 2.41. The number of nitrogens with one attached hydrogen (secondary N) is 1. The molecule has 0 aliphatic heterocycles. The van der Waals surface area contributed by atoms with Gasteiger partial charge >= 0.3 is 0 Å². The van der Waals surface area contributed by atoms with Gasteiger partial charge in [-0.25, -0.2) is 4.98 Å². The van der Waals surface area contributed by atoms with Crippen molar-refractivity contribution in [3.05, 3.63) is 59.6 Å². The minimum absolute atomic E-state index is 0.904. The van der Waals surface area contributed by atoms with Gasteiger partial charge in [-0.05, 0) is 36.8 Å². The lowest BCUT2D eigenvalue weighted by molar-refractivity contribution is 0.412. The molecule has 0 unspecified atom stereocenters. The van der Waals surface area contributed by atoms with Gasteiger partial charge in [0.1, 0.15) is 10.8 Å². The van der Waals surface area contributed by atoms with E-state index in [1.54, 1.807) is 18.4 Å². The van der Waals surface area contributed by atoms with Crippen molar-refractivity contribution in [1.82, 2.24) is 9.97 Å². The van der Waals surface area contributed by atoms with Crippen LogP contribution in [-0.4, -0.2) is 17.1 Å². The fourth-order valence-corrected chi connectivity index (χ4v) is 3.68. The van der Waals surface area contributed by atoms with Crippen LogP contribution in [-0.2, 0) is 0 Å². The van der Waals surface area contributed by atoms with Crippen LogP contribution in [0.2, 0.25) is 0 Å². The number of aryl methyl sites for hydroxylation is 1. The number of hydrogen-bond donors (Lipinski definition) is 1. The summed E-state index contributed by atoms with van der Waals surface area (Å²) in [5.41, 5.74) is 5.53. The Hall–Kier alpha value is -2.59. The van der Waals surface area contributed by atoms with Crippen LogP contribution < -0.4 is 4.74 Å². The average molecular weight is 320 g/mol. The van der Waals surface area contributed by atoms with Gasteiger partial charge in [0.15, 0.2) is 0 Å². The topological polar surface area (TPSA) is 37.9 Å². The Kier molecular flexibility index (Phi) is 3.39. The normalized spacial score (nSPS) is 11.0. The van der Waals surface area contributed by atoms with E-state index in [4.69, 9.17) is 9.72 Å². The van der Waals surface area contributed by atoms with Gasteiger partial charge in [0.25, 0.3) is 0 Å². The van der Waals surface area contributed by atoms with E-state index in [0.29, 0.717) is 0 Å². The first-order valence-electron chi connectivity index (χ1n) is 7.43. The fraction of sp³-hybridized carbons (Fsp3) is 0.105.